The van der Waals surface area contributed by atoms with Crippen LogP contribution in [0.25, 0.3) is 11.4 Å². The summed E-state index contributed by atoms with van der Waals surface area (Å²) in [6, 6.07) is 12.9. The number of hydrogen-bond acceptors (Lipinski definition) is 9. The fourth-order valence-corrected chi connectivity index (χ4v) is 3.83. The molecule has 10 heteroatoms. The molecule has 0 unspecified atom stereocenters. The zero-order valence-electron chi connectivity index (χ0n) is 18.4. The quantitative estimate of drug-likeness (QED) is 0.534. The lowest BCUT2D eigenvalue weighted by Gasteiger charge is -2.19. The van der Waals surface area contributed by atoms with E-state index in [2.05, 4.69) is 20.5 Å². The van der Waals surface area contributed by atoms with Crippen LogP contribution < -0.4 is 9.64 Å². The van der Waals surface area contributed by atoms with E-state index in [1.165, 1.54) is 9.91 Å². The Morgan fingerprint density at radius 3 is 2.45 bits per heavy atom. The highest BCUT2D eigenvalue weighted by atomic mass is 16.5. The third-order valence-electron chi connectivity index (χ3n) is 5.40. The van der Waals surface area contributed by atoms with E-state index in [9.17, 15) is 9.59 Å². The average Bonchev–Trinajstić information content (AvgIpc) is 3.48. The molecule has 3 heterocycles. The third kappa shape index (κ3) is 3.84. The van der Waals surface area contributed by atoms with Gasteiger partial charge in [0.1, 0.15) is 12.3 Å². The summed E-state index contributed by atoms with van der Waals surface area (Å²) >= 11 is 0. The van der Waals surface area contributed by atoms with E-state index in [1.54, 1.807) is 12.1 Å². The fraction of sp³-hybridized carbons (Fsp3) is 0.304. The van der Waals surface area contributed by atoms with Crippen LogP contribution in [0.5, 0.6) is 5.75 Å². The van der Waals surface area contributed by atoms with E-state index in [4.69, 9.17) is 9.26 Å². The van der Waals surface area contributed by atoms with Crippen LogP contribution in [0.3, 0.4) is 0 Å². The molecule has 0 spiro atoms. The molecule has 0 saturated carbocycles. The lowest BCUT2D eigenvalue weighted by Crippen LogP contribution is -2.39. The first kappa shape index (κ1) is 20.8. The topological polar surface area (TPSA) is 113 Å². The average molecular weight is 446 g/mol. The number of aromatic nitrogens is 2. The molecular formula is C23H22N6O4. The second-order valence-corrected chi connectivity index (χ2v) is 8.24. The summed E-state index contributed by atoms with van der Waals surface area (Å²) < 4.78 is 11.0. The van der Waals surface area contributed by atoms with Crippen molar-refractivity contribution in [3.63, 3.8) is 0 Å². The summed E-state index contributed by atoms with van der Waals surface area (Å²) in [4.78, 5) is 31.5. The van der Waals surface area contributed by atoms with Crippen LogP contribution in [0.2, 0.25) is 0 Å². The molecule has 5 rings (SSSR count). The maximum Gasteiger partial charge on any atom is 0.263 e. The van der Waals surface area contributed by atoms with Gasteiger partial charge in [-0.15, -0.1) is 0 Å². The second kappa shape index (κ2) is 8.12. The van der Waals surface area contributed by atoms with Gasteiger partial charge < -0.3 is 9.26 Å². The Morgan fingerprint density at radius 1 is 1.03 bits per heavy atom. The number of ether oxygens (including phenoxy) is 1. The van der Waals surface area contributed by atoms with Gasteiger partial charge in [0.25, 0.3) is 11.8 Å². The van der Waals surface area contributed by atoms with E-state index < -0.39 is 18.0 Å². The van der Waals surface area contributed by atoms with Crippen molar-refractivity contribution >= 4 is 17.5 Å². The van der Waals surface area contributed by atoms with E-state index in [0.717, 1.165) is 16.9 Å². The number of benzene rings is 2. The van der Waals surface area contributed by atoms with Crippen molar-refractivity contribution in [2.24, 2.45) is 10.3 Å². The van der Waals surface area contributed by atoms with Crippen LogP contribution in [-0.2, 0) is 16.1 Å². The van der Waals surface area contributed by atoms with Crippen LogP contribution in [-0.4, -0.2) is 45.2 Å². The molecule has 2 amide bonds. The molecule has 1 aromatic heterocycles. The van der Waals surface area contributed by atoms with Crippen LogP contribution in [0.15, 0.2) is 63.4 Å². The molecule has 0 aliphatic carbocycles. The molecule has 168 valence electrons. The molecule has 2 aliphatic heterocycles. The second-order valence-electron chi connectivity index (χ2n) is 8.24. The first-order valence-electron chi connectivity index (χ1n) is 10.6. The van der Waals surface area contributed by atoms with Gasteiger partial charge in [-0.05, 0) is 57.2 Å². The first-order valence-corrected chi connectivity index (χ1v) is 10.6. The number of hydrogen-bond donors (Lipinski definition) is 0. The maximum absolute atomic E-state index is 13.1. The minimum atomic E-state index is -0.880. The lowest BCUT2D eigenvalue weighted by atomic mass is 10.1. The number of anilines is 1. The highest BCUT2D eigenvalue weighted by Gasteiger charge is 2.55. The summed E-state index contributed by atoms with van der Waals surface area (Å²) in [7, 11) is 0. The molecule has 2 atom stereocenters. The number of rotatable bonds is 6. The van der Waals surface area contributed by atoms with Crippen molar-refractivity contribution < 1.29 is 18.8 Å². The van der Waals surface area contributed by atoms with Gasteiger partial charge >= 0.3 is 0 Å². The van der Waals surface area contributed by atoms with Gasteiger partial charge in [0, 0.05) is 5.56 Å². The molecule has 10 nitrogen and oxygen atoms in total. The minimum absolute atomic E-state index is 0.0625. The number of amides is 2. The maximum atomic E-state index is 13.1. The first-order chi connectivity index (χ1) is 15.9. The molecule has 2 aromatic carbocycles. The third-order valence-corrected chi connectivity index (χ3v) is 5.40. The monoisotopic (exact) mass is 446 g/mol. The van der Waals surface area contributed by atoms with E-state index in [-0.39, 0.29) is 24.4 Å². The molecule has 0 radical (unpaired) electrons. The van der Waals surface area contributed by atoms with Crippen LogP contribution >= 0.6 is 0 Å². The predicted molar refractivity (Wildman–Crippen MR) is 117 cm³/mol. The number of imide groups is 1. The lowest BCUT2D eigenvalue weighted by molar-refractivity contribution is -0.123. The molecule has 0 bridgehead atoms. The molecular weight excluding hydrogens is 424 g/mol. The van der Waals surface area contributed by atoms with Crippen LogP contribution in [0.4, 0.5) is 5.69 Å². The molecule has 33 heavy (non-hydrogen) atoms. The van der Waals surface area contributed by atoms with Gasteiger partial charge in [-0.1, -0.05) is 28.1 Å². The van der Waals surface area contributed by atoms with Crippen molar-refractivity contribution in [1.29, 1.82) is 0 Å². The van der Waals surface area contributed by atoms with E-state index in [0.29, 0.717) is 11.5 Å². The van der Waals surface area contributed by atoms with Gasteiger partial charge in [0.15, 0.2) is 12.1 Å². The van der Waals surface area contributed by atoms with Crippen molar-refractivity contribution in [2.45, 2.75) is 45.5 Å². The number of aryl methyl sites for hydroxylation is 1. The van der Waals surface area contributed by atoms with Gasteiger partial charge in [-0.3, -0.25) is 14.6 Å². The van der Waals surface area contributed by atoms with Gasteiger partial charge in [-0.2, -0.15) is 10.1 Å². The number of carbonyl (C=O) groups is 2. The Labute approximate surface area is 189 Å². The zero-order valence-corrected chi connectivity index (χ0v) is 18.4. The van der Waals surface area contributed by atoms with Gasteiger partial charge in [-0.25, -0.2) is 4.90 Å². The standard InChI is InChI=1S/C23H22N6O4/c1-13(2)32-17-10-6-15(7-11-17)21-24-18(33-26-21)12-28-20-19(25-27-28)22(30)29(23(20)31)16-8-4-14(3)5-9-16/h4-11,13,19-20H,12H2,1-3H3/t19-,20-/m1/s1. The summed E-state index contributed by atoms with van der Waals surface area (Å²) in [6.07, 6.45) is 0.0817. The number of carbonyl (C=O) groups excluding carboxylic acids is 2. The summed E-state index contributed by atoms with van der Waals surface area (Å²) in [5.74, 6) is 0.655. The Morgan fingerprint density at radius 2 is 1.76 bits per heavy atom. The van der Waals surface area contributed by atoms with Crippen molar-refractivity contribution in [2.75, 3.05) is 4.90 Å². The summed E-state index contributed by atoms with van der Waals surface area (Å²) in [5, 5.41) is 13.5. The molecule has 2 aliphatic rings. The zero-order chi connectivity index (χ0) is 23.1. The SMILES string of the molecule is Cc1ccc(N2C(=O)[C@@H]3N=NN(Cc4nc(-c5ccc(OC(C)C)cc5)no4)[C@H]3C2=O)cc1. The molecule has 0 N–H and O–H groups in total. The highest BCUT2D eigenvalue weighted by molar-refractivity contribution is 6.25. The van der Waals surface area contributed by atoms with Crippen LogP contribution in [0.1, 0.15) is 25.3 Å². The Hall–Kier alpha value is -4.08. The largest absolute Gasteiger partial charge is 0.491 e. The summed E-state index contributed by atoms with van der Waals surface area (Å²) in [5.41, 5.74) is 2.32. The van der Waals surface area contributed by atoms with Gasteiger partial charge in [0.2, 0.25) is 11.7 Å². The smallest absolute Gasteiger partial charge is 0.263 e. The molecule has 3 aromatic rings. The van der Waals surface area contributed by atoms with E-state index >= 15 is 0 Å². The molecule has 1 fully saturated rings. The molecule has 1 saturated heterocycles. The highest BCUT2D eigenvalue weighted by Crippen LogP contribution is 2.33. The number of nitrogens with zero attached hydrogens (tertiary/aromatic N) is 6. The predicted octanol–water partition coefficient (Wildman–Crippen LogP) is 3.33. The van der Waals surface area contributed by atoms with E-state index in [1.807, 2.05) is 57.2 Å². The fourth-order valence-electron chi connectivity index (χ4n) is 3.83. The van der Waals surface area contributed by atoms with Crippen molar-refractivity contribution in [3.8, 4) is 17.1 Å². The normalized spacial score (nSPS) is 19.6. The van der Waals surface area contributed by atoms with Crippen LogP contribution in [0, 0.1) is 6.92 Å². The Bertz CT molecular complexity index is 1220. The minimum Gasteiger partial charge on any atom is -0.491 e. The summed E-state index contributed by atoms with van der Waals surface area (Å²) in [6.45, 7) is 5.92. The van der Waals surface area contributed by atoms with Gasteiger partial charge in [0.05, 0.1) is 11.8 Å². The Kier molecular flexibility index (Phi) is 5.12. The number of fused-ring (bicyclic) bond motifs is 1. The van der Waals surface area contributed by atoms with Crippen molar-refractivity contribution in [1.82, 2.24) is 15.1 Å². The Balaban J connectivity index is 1.31. The van der Waals surface area contributed by atoms with Crippen molar-refractivity contribution in [3.05, 3.63) is 60.0 Å².